The monoisotopic (exact) mass is 400 g/mol. The first-order valence-electron chi connectivity index (χ1n) is 8.68. The molecule has 0 N–H and O–H groups in total. The average Bonchev–Trinajstić information content (AvgIpc) is 3.00. The van der Waals surface area contributed by atoms with Gasteiger partial charge in [0.2, 0.25) is 0 Å². The van der Waals surface area contributed by atoms with E-state index in [0.29, 0.717) is 11.3 Å². The first-order chi connectivity index (χ1) is 13.3. The molecule has 28 heavy (non-hydrogen) atoms. The highest BCUT2D eigenvalue weighted by Crippen LogP contribution is 2.43. The van der Waals surface area contributed by atoms with Crippen molar-refractivity contribution < 1.29 is 13.5 Å². The third kappa shape index (κ3) is 3.43. The Bertz CT molecular complexity index is 1120. The van der Waals surface area contributed by atoms with Crippen LogP contribution in [0.1, 0.15) is 11.1 Å². The van der Waals surface area contributed by atoms with Crippen LogP contribution in [-0.2, 0) is 13.6 Å². The summed E-state index contributed by atoms with van der Waals surface area (Å²) in [5, 5.41) is 0. The molecule has 0 bridgehead atoms. The zero-order valence-electron chi connectivity index (χ0n) is 15.6. The first-order valence-corrected chi connectivity index (χ1v) is 9.46. The van der Waals surface area contributed by atoms with Gasteiger partial charge in [0.1, 0.15) is 11.6 Å². The third-order valence-electron chi connectivity index (χ3n) is 4.60. The second-order valence-corrected chi connectivity index (χ2v) is 8.08. The minimum absolute atomic E-state index is 0.0526. The molecule has 2 heterocycles. The molecule has 1 aliphatic heterocycles. The molecular weight excluding hydrogens is 382 g/mol. The van der Waals surface area contributed by atoms with Gasteiger partial charge in [0, 0.05) is 47.4 Å². The summed E-state index contributed by atoms with van der Waals surface area (Å²) in [4.78, 5) is 13.2. The van der Waals surface area contributed by atoms with Crippen molar-refractivity contribution in [1.82, 2.24) is 8.87 Å². The minimum atomic E-state index is -0.769. The molecule has 0 amide bonds. The lowest BCUT2D eigenvalue weighted by molar-refractivity contribution is 0.437. The van der Waals surface area contributed by atoms with Gasteiger partial charge in [0.25, 0.3) is 5.56 Å². The van der Waals surface area contributed by atoms with Crippen LogP contribution in [0.4, 0.5) is 8.78 Å². The number of fused-ring (bicyclic) bond motifs is 1. The molecule has 0 saturated carbocycles. The Labute approximate surface area is 165 Å². The van der Waals surface area contributed by atoms with Crippen LogP contribution in [0.5, 0.6) is 11.5 Å². The van der Waals surface area contributed by atoms with Crippen LogP contribution in [-0.4, -0.2) is 15.9 Å². The molecule has 0 fully saturated rings. The molecule has 0 unspecified atom stereocenters. The molecule has 1 aliphatic rings. The lowest BCUT2D eigenvalue weighted by atomic mass is 10.0. The lowest BCUT2D eigenvalue weighted by Gasteiger charge is -2.15. The number of aromatic nitrogens is 1. The highest BCUT2D eigenvalue weighted by molar-refractivity contribution is 7.97. The fraction of sp³-hybridized carbons (Fsp3) is 0.190. The Kier molecular flexibility index (Phi) is 4.72. The van der Waals surface area contributed by atoms with Crippen LogP contribution in [0.2, 0.25) is 0 Å². The number of ether oxygens (including phenoxy) is 1. The molecule has 3 aromatic rings. The van der Waals surface area contributed by atoms with Crippen molar-refractivity contribution >= 4 is 11.9 Å². The Balaban J connectivity index is 1.87. The molecule has 0 saturated heterocycles. The van der Waals surface area contributed by atoms with Crippen LogP contribution in [0.25, 0.3) is 11.1 Å². The standard InChI is InChI=1S/C21H18F2N2O2S/c1-12-6-13(10-24(2)21(12)26)16-9-20-14(11-25(3)28-20)7-19(16)27-18-5-4-15(22)8-17(18)23/h4-10H,11H2,1-3H3. The van der Waals surface area contributed by atoms with E-state index in [1.807, 2.05) is 19.2 Å². The Morgan fingerprint density at radius 3 is 2.57 bits per heavy atom. The fourth-order valence-electron chi connectivity index (χ4n) is 3.26. The smallest absolute Gasteiger partial charge is 0.253 e. The molecule has 0 radical (unpaired) electrons. The van der Waals surface area contributed by atoms with Gasteiger partial charge in [-0.25, -0.2) is 13.1 Å². The van der Waals surface area contributed by atoms with E-state index in [0.717, 1.165) is 40.3 Å². The topological polar surface area (TPSA) is 34.5 Å². The lowest BCUT2D eigenvalue weighted by Crippen LogP contribution is -2.18. The average molecular weight is 400 g/mol. The van der Waals surface area contributed by atoms with Gasteiger partial charge in [-0.1, -0.05) is 0 Å². The summed E-state index contributed by atoms with van der Waals surface area (Å²) >= 11 is 1.62. The second-order valence-electron chi connectivity index (χ2n) is 6.84. The first kappa shape index (κ1) is 18.7. The van der Waals surface area contributed by atoms with Crippen LogP contribution in [0.3, 0.4) is 0 Å². The van der Waals surface area contributed by atoms with Crippen molar-refractivity contribution in [2.45, 2.75) is 18.4 Å². The van der Waals surface area contributed by atoms with Gasteiger partial charge in [-0.05, 0) is 61.8 Å². The fourth-order valence-corrected chi connectivity index (χ4v) is 4.21. The van der Waals surface area contributed by atoms with E-state index in [2.05, 4.69) is 4.31 Å². The van der Waals surface area contributed by atoms with Crippen LogP contribution in [0.15, 0.2) is 52.3 Å². The molecular formula is C21H18F2N2O2S. The van der Waals surface area contributed by atoms with Crippen LogP contribution >= 0.6 is 11.9 Å². The van der Waals surface area contributed by atoms with Gasteiger partial charge >= 0.3 is 0 Å². The highest BCUT2D eigenvalue weighted by atomic mass is 32.2. The van der Waals surface area contributed by atoms with E-state index in [1.165, 1.54) is 10.6 Å². The summed E-state index contributed by atoms with van der Waals surface area (Å²) in [6.07, 6.45) is 1.73. The number of nitrogens with zero attached hydrogens (tertiary/aromatic N) is 2. The van der Waals surface area contributed by atoms with Crippen molar-refractivity contribution in [3.8, 4) is 22.6 Å². The van der Waals surface area contributed by atoms with Gasteiger partial charge in [-0.3, -0.25) is 4.79 Å². The van der Waals surface area contributed by atoms with Gasteiger partial charge in [-0.15, -0.1) is 0 Å². The molecule has 4 nitrogen and oxygen atoms in total. The summed E-state index contributed by atoms with van der Waals surface area (Å²) < 4.78 is 36.9. The van der Waals surface area contributed by atoms with Crippen molar-refractivity contribution in [1.29, 1.82) is 0 Å². The Hall–Kier alpha value is -2.64. The number of rotatable bonds is 3. The number of hydrogen-bond acceptors (Lipinski definition) is 4. The maximum atomic E-state index is 14.2. The summed E-state index contributed by atoms with van der Waals surface area (Å²) in [6, 6.07) is 8.88. The number of aryl methyl sites for hydroxylation is 2. The summed E-state index contributed by atoms with van der Waals surface area (Å²) in [6.45, 7) is 2.48. The zero-order chi connectivity index (χ0) is 20.0. The van der Waals surface area contributed by atoms with Gasteiger partial charge < -0.3 is 9.30 Å². The normalized spacial score (nSPS) is 13.6. The number of pyridine rings is 1. The van der Waals surface area contributed by atoms with E-state index in [1.54, 1.807) is 38.2 Å². The van der Waals surface area contributed by atoms with E-state index in [9.17, 15) is 13.6 Å². The van der Waals surface area contributed by atoms with E-state index in [4.69, 9.17) is 4.74 Å². The molecule has 144 valence electrons. The largest absolute Gasteiger partial charge is 0.454 e. The highest BCUT2D eigenvalue weighted by Gasteiger charge is 2.22. The SMILES string of the molecule is Cc1cc(-c2cc3c(cc2Oc2ccc(F)cc2F)CN(C)S3)cn(C)c1=O. The molecule has 0 spiro atoms. The van der Waals surface area contributed by atoms with E-state index < -0.39 is 11.6 Å². The minimum Gasteiger partial charge on any atom is -0.454 e. The third-order valence-corrected chi connectivity index (χ3v) is 5.61. The Morgan fingerprint density at radius 1 is 1.07 bits per heavy atom. The van der Waals surface area contributed by atoms with Crippen molar-refractivity contribution in [3.63, 3.8) is 0 Å². The van der Waals surface area contributed by atoms with Gasteiger partial charge in [-0.2, -0.15) is 0 Å². The molecule has 0 atom stereocenters. The molecule has 2 aromatic carbocycles. The predicted molar refractivity (Wildman–Crippen MR) is 106 cm³/mol. The molecule has 1 aromatic heterocycles. The van der Waals surface area contributed by atoms with Crippen LogP contribution in [0, 0.1) is 18.6 Å². The van der Waals surface area contributed by atoms with Crippen molar-refractivity contribution in [3.05, 3.63) is 75.7 Å². The second kappa shape index (κ2) is 7.07. The van der Waals surface area contributed by atoms with E-state index >= 15 is 0 Å². The quantitative estimate of drug-likeness (QED) is 0.587. The predicted octanol–water partition coefficient (Wildman–Crippen LogP) is 4.88. The van der Waals surface area contributed by atoms with E-state index in [-0.39, 0.29) is 11.3 Å². The number of hydrogen-bond donors (Lipinski definition) is 0. The van der Waals surface area contributed by atoms with Gasteiger partial charge in [0.05, 0.1) is 0 Å². The molecule has 0 aliphatic carbocycles. The van der Waals surface area contributed by atoms with Crippen molar-refractivity contribution in [2.75, 3.05) is 7.05 Å². The van der Waals surface area contributed by atoms with Crippen molar-refractivity contribution in [2.24, 2.45) is 7.05 Å². The molecule has 4 rings (SSSR count). The van der Waals surface area contributed by atoms with Crippen LogP contribution < -0.4 is 10.3 Å². The molecule has 7 heteroatoms. The van der Waals surface area contributed by atoms with Gasteiger partial charge in [0.15, 0.2) is 11.6 Å². The summed E-state index contributed by atoms with van der Waals surface area (Å²) in [5.41, 5.74) is 3.12. The number of halogens is 2. The maximum absolute atomic E-state index is 14.2. The zero-order valence-corrected chi connectivity index (χ0v) is 16.4. The summed E-state index contributed by atoms with van der Waals surface area (Å²) in [5.74, 6) is -1.03. The number of benzene rings is 2. The maximum Gasteiger partial charge on any atom is 0.253 e. The Morgan fingerprint density at radius 2 is 1.86 bits per heavy atom. The summed E-state index contributed by atoms with van der Waals surface area (Å²) in [7, 11) is 3.68.